The Morgan fingerprint density at radius 2 is 1.72 bits per heavy atom. The van der Waals surface area contributed by atoms with Gasteiger partial charge in [0.2, 0.25) is 0 Å². The molecule has 1 atom stereocenters. The molecule has 1 aliphatic heterocycles. The molecule has 0 amide bonds. The third-order valence-corrected chi connectivity index (χ3v) is 4.99. The largest absolute Gasteiger partial charge is 0.326 e. The van der Waals surface area contributed by atoms with Gasteiger partial charge in [0.15, 0.2) is 0 Å². The van der Waals surface area contributed by atoms with Gasteiger partial charge in [-0.05, 0) is 48.6 Å². The molecular formula is C22H23N3. The van der Waals surface area contributed by atoms with Crippen molar-refractivity contribution >= 4 is 11.5 Å². The lowest BCUT2D eigenvalue weighted by atomic mass is 9.98. The summed E-state index contributed by atoms with van der Waals surface area (Å²) in [6.07, 6.45) is 2.30. The van der Waals surface area contributed by atoms with Gasteiger partial charge in [-0.15, -0.1) is 0 Å². The lowest BCUT2D eigenvalue weighted by Gasteiger charge is -2.31. The Morgan fingerprint density at radius 1 is 0.960 bits per heavy atom. The number of hydrogen-bond acceptors (Lipinski definition) is 3. The van der Waals surface area contributed by atoms with Gasteiger partial charge in [-0.3, -0.25) is 0 Å². The fourth-order valence-corrected chi connectivity index (χ4v) is 3.65. The minimum Gasteiger partial charge on any atom is -0.326 e. The number of aromatic nitrogens is 1. The number of rotatable bonds is 3. The van der Waals surface area contributed by atoms with Gasteiger partial charge in [-0.2, -0.15) is 0 Å². The highest BCUT2D eigenvalue weighted by Gasteiger charge is 2.20. The zero-order valence-corrected chi connectivity index (χ0v) is 14.5. The first-order valence-corrected chi connectivity index (χ1v) is 8.87. The van der Waals surface area contributed by atoms with Crippen LogP contribution < -0.4 is 10.6 Å². The van der Waals surface area contributed by atoms with Gasteiger partial charge in [-0.25, -0.2) is 4.98 Å². The molecule has 1 aromatic heterocycles. The van der Waals surface area contributed by atoms with Crippen LogP contribution in [0.1, 0.15) is 34.8 Å². The molecule has 0 bridgehead atoms. The molecule has 0 spiro atoms. The molecule has 0 aliphatic carbocycles. The van der Waals surface area contributed by atoms with Crippen LogP contribution in [-0.4, -0.2) is 11.5 Å². The number of nitrogens with two attached hydrogens (primary N) is 1. The Labute approximate surface area is 149 Å². The monoisotopic (exact) mass is 329 g/mol. The van der Waals surface area contributed by atoms with E-state index in [0.717, 1.165) is 42.0 Å². The highest BCUT2D eigenvalue weighted by molar-refractivity contribution is 5.65. The minimum atomic E-state index is -0.142. The van der Waals surface area contributed by atoms with Crippen LogP contribution in [0.4, 0.5) is 11.5 Å². The number of benzene rings is 2. The van der Waals surface area contributed by atoms with Crippen molar-refractivity contribution in [2.45, 2.75) is 25.8 Å². The quantitative estimate of drug-likeness (QED) is 0.768. The average Bonchev–Trinajstić information content (AvgIpc) is 2.67. The molecule has 126 valence electrons. The highest BCUT2D eigenvalue weighted by Crippen LogP contribution is 2.33. The zero-order chi connectivity index (χ0) is 17.2. The Kier molecular flexibility index (Phi) is 4.24. The van der Waals surface area contributed by atoms with Crippen LogP contribution in [0.5, 0.6) is 0 Å². The summed E-state index contributed by atoms with van der Waals surface area (Å²) < 4.78 is 0. The molecular weight excluding hydrogens is 306 g/mol. The number of nitrogens with zero attached hydrogens (tertiary/aromatic N) is 2. The van der Waals surface area contributed by atoms with Gasteiger partial charge in [-0.1, -0.05) is 54.6 Å². The van der Waals surface area contributed by atoms with E-state index in [-0.39, 0.29) is 6.04 Å². The maximum Gasteiger partial charge on any atom is 0.133 e. The van der Waals surface area contributed by atoms with Crippen LogP contribution in [0.25, 0.3) is 0 Å². The van der Waals surface area contributed by atoms with E-state index in [9.17, 15) is 0 Å². The first-order chi connectivity index (χ1) is 12.2. The summed E-state index contributed by atoms with van der Waals surface area (Å²) in [6.45, 7) is 3.06. The maximum atomic E-state index is 6.47. The van der Waals surface area contributed by atoms with Crippen LogP contribution in [0.3, 0.4) is 0 Å². The van der Waals surface area contributed by atoms with Crippen molar-refractivity contribution in [3.8, 4) is 0 Å². The van der Waals surface area contributed by atoms with Crippen LogP contribution in [0.2, 0.25) is 0 Å². The van der Waals surface area contributed by atoms with E-state index >= 15 is 0 Å². The van der Waals surface area contributed by atoms with Gasteiger partial charge >= 0.3 is 0 Å². The van der Waals surface area contributed by atoms with E-state index in [1.807, 2.05) is 18.2 Å². The van der Waals surface area contributed by atoms with E-state index in [1.165, 1.54) is 11.3 Å². The molecule has 1 aliphatic rings. The Hall–Kier alpha value is -2.65. The first-order valence-electron chi connectivity index (χ1n) is 8.87. The van der Waals surface area contributed by atoms with E-state index in [2.05, 4.69) is 60.4 Å². The van der Waals surface area contributed by atoms with E-state index < -0.39 is 0 Å². The molecule has 2 heterocycles. The van der Waals surface area contributed by atoms with Gasteiger partial charge in [0, 0.05) is 17.9 Å². The van der Waals surface area contributed by atoms with Crippen molar-refractivity contribution in [3.05, 3.63) is 89.1 Å². The highest BCUT2D eigenvalue weighted by atomic mass is 15.2. The predicted molar refractivity (Wildman–Crippen MR) is 103 cm³/mol. The van der Waals surface area contributed by atoms with Gasteiger partial charge in [0.25, 0.3) is 0 Å². The number of hydrogen-bond donors (Lipinski definition) is 1. The normalized spacial score (nSPS) is 14.9. The Bertz CT molecular complexity index is 873. The van der Waals surface area contributed by atoms with E-state index in [0.29, 0.717) is 0 Å². The second-order valence-electron chi connectivity index (χ2n) is 6.62. The summed E-state index contributed by atoms with van der Waals surface area (Å²) in [7, 11) is 0. The van der Waals surface area contributed by atoms with Gasteiger partial charge in [0.1, 0.15) is 5.82 Å². The standard InChI is InChI=1S/C22H23N3/c1-16-19(22(23)18-9-3-2-4-10-18)13-14-21(24-16)25-15-7-11-17-8-5-6-12-20(17)25/h2-6,8-10,12-14,22H,7,11,15,23H2,1H3/t22-/m1/s1. The van der Waals surface area contributed by atoms with Crippen LogP contribution in [0, 0.1) is 6.92 Å². The van der Waals surface area contributed by atoms with Crippen LogP contribution >= 0.6 is 0 Å². The molecule has 2 N–H and O–H groups in total. The summed E-state index contributed by atoms with van der Waals surface area (Å²) in [5.74, 6) is 1.01. The second-order valence-corrected chi connectivity index (χ2v) is 6.62. The maximum absolute atomic E-state index is 6.47. The van der Waals surface area contributed by atoms with Crippen molar-refractivity contribution < 1.29 is 0 Å². The molecule has 3 heteroatoms. The fourth-order valence-electron chi connectivity index (χ4n) is 3.65. The molecule has 0 unspecified atom stereocenters. The van der Waals surface area contributed by atoms with Crippen molar-refractivity contribution in [2.24, 2.45) is 5.73 Å². The summed E-state index contributed by atoms with van der Waals surface area (Å²) in [6, 6.07) is 22.9. The molecule has 3 aromatic rings. The van der Waals surface area contributed by atoms with E-state index in [1.54, 1.807) is 0 Å². The molecule has 3 nitrogen and oxygen atoms in total. The van der Waals surface area contributed by atoms with Crippen LogP contribution in [0.15, 0.2) is 66.7 Å². The smallest absolute Gasteiger partial charge is 0.133 e. The topological polar surface area (TPSA) is 42.2 Å². The Morgan fingerprint density at radius 3 is 2.52 bits per heavy atom. The van der Waals surface area contributed by atoms with Crippen LogP contribution in [-0.2, 0) is 6.42 Å². The average molecular weight is 329 g/mol. The second kappa shape index (κ2) is 6.69. The molecule has 25 heavy (non-hydrogen) atoms. The SMILES string of the molecule is Cc1nc(N2CCCc3ccccc32)ccc1[C@H](N)c1ccccc1. The third kappa shape index (κ3) is 3.03. The molecule has 0 saturated heterocycles. The number of fused-ring (bicyclic) bond motifs is 1. The third-order valence-electron chi connectivity index (χ3n) is 4.99. The number of anilines is 2. The van der Waals surface area contributed by atoms with Crippen molar-refractivity contribution in [1.82, 2.24) is 4.98 Å². The lowest BCUT2D eigenvalue weighted by Crippen LogP contribution is -2.25. The molecule has 0 radical (unpaired) electrons. The van der Waals surface area contributed by atoms with Crippen molar-refractivity contribution in [2.75, 3.05) is 11.4 Å². The fraction of sp³-hybridized carbons (Fsp3) is 0.227. The summed E-state index contributed by atoms with van der Waals surface area (Å²) in [4.78, 5) is 7.21. The summed E-state index contributed by atoms with van der Waals surface area (Å²) in [5, 5.41) is 0. The van der Waals surface area contributed by atoms with E-state index in [4.69, 9.17) is 10.7 Å². The molecule has 2 aromatic carbocycles. The molecule has 4 rings (SSSR count). The lowest BCUT2D eigenvalue weighted by molar-refractivity contribution is 0.756. The Balaban J connectivity index is 1.67. The minimum absolute atomic E-state index is 0.142. The number of aryl methyl sites for hydroxylation is 2. The molecule has 0 saturated carbocycles. The summed E-state index contributed by atoms with van der Waals surface area (Å²) in [5.41, 5.74) is 12.3. The van der Waals surface area contributed by atoms with Gasteiger partial charge < -0.3 is 10.6 Å². The zero-order valence-electron chi connectivity index (χ0n) is 14.5. The van der Waals surface area contributed by atoms with Crippen molar-refractivity contribution in [3.63, 3.8) is 0 Å². The van der Waals surface area contributed by atoms with Gasteiger partial charge in [0.05, 0.1) is 6.04 Å². The predicted octanol–water partition coefficient (Wildman–Crippen LogP) is 4.52. The summed E-state index contributed by atoms with van der Waals surface area (Å²) >= 11 is 0. The number of pyridine rings is 1. The van der Waals surface area contributed by atoms with Crippen molar-refractivity contribution in [1.29, 1.82) is 0 Å². The molecule has 0 fully saturated rings. The number of para-hydroxylation sites is 1. The first kappa shape index (κ1) is 15.9.